The lowest BCUT2D eigenvalue weighted by molar-refractivity contribution is -0.135. The molecular formula is C25H23N5O3. The summed E-state index contributed by atoms with van der Waals surface area (Å²) in [6.45, 7) is 2.09. The van der Waals surface area contributed by atoms with Gasteiger partial charge in [-0.15, -0.1) is 0 Å². The van der Waals surface area contributed by atoms with Gasteiger partial charge in [0.05, 0.1) is 11.1 Å². The number of carbonyl (C=O) groups is 3. The zero-order valence-corrected chi connectivity index (χ0v) is 18.0. The van der Waals surface area contributed by atoms with E-state index in [1.807, 2.05) is 35.2 Å². The summed E-state index contributed by atoms with van der Waals surface area (Å²) in [5.41, 5.74) is 1.59. The second kappa shape index (κ2) is 8.82. The maximum Gasteiger partial charge on any atom is 0.262 e. The Hall–Kier alpha value is -4.07. The number of fused-ring (bicyclic) bond motifs is 1. The van der Waals surface area contributed by atoms with Gasteiger partial charge in [-0.2, -0.15) is 0 Å². The molecule has 166 valence electrons. The van der Waals surface area contributed by atoms with Gasteiger partial charge >= 0.3 is 0 Å². The fourth-order valence-electron chi connectivity index (χ4n) is 4.41. The van der Waals surface area contributed by atoms with Gasteiger partial charge < -0.3 is 9.80 Å². The third-order valence-corrected chi connectivity index (χ3v) is 6.12. The highest BCUT2D eigenvalue weighted by molar-refractivity contribution is 6.22. The van der Waals surface area contributed by atoms with Crippen LogP contribution in [0.15, 0.2) is 73.1 Å². The molecule has 3 aromatic rings. The van der Waals surface area contributed by atoms with Crippen LogP contribution in [0.1, 0.15) is 26.3 Å². The van der Waals surface area contributed by atoms with E-state index in [4.69, 9.17) is 0 Å². The van der Waals surface area contributed by atoms with Crippen molar-refractivity contribution < 1.29 is 14.4 Å². The third-order valence-electron chi connectivity index (χ3n) is 6.12. The first-order chi connectivity index (χ1) is 16.1. The number of aromatic nitrogens is 2. The summed E-state index contributed by atoms with van der Waals surface area (Å²) in [6.07, 6.45) is 3.66. The number of piperazine rings is 1. The molecule has 2 aliphatic rings. The fraction of sp³-hybridized carbons (Fsp3) is 0.240. The molecule has 0 saturated carbocycles. The van der Waals surface area contributed by atoms with Gasteiger partial charge in [0, 0.05) is 45.0 Å². The summed E-state index contributed by atoms with van der Waals surface area (Å²) < 4.78 is 0. The number of imide groups is 1. The summed E-state index contributed by atoms with van der Waals surface area (Å²) in [4.78, 5) is 53.5. The average molecular weight is 441 g/mol. The molecule has 0 bridgehead atoms. The number of hydrogen-bond acceptors (Lipinski definition) is 6. The summed E-state index contributed by atoms with van der Waals surface area (Å²) >= 11 is 0. The Morgan fingerprint density at radius 1 is 0.788 bits per heavy atom. The molecule has 0 aliphatic carbocycles. The van der Waals surface area contributed by atoms with Crippen LogP contribution in [0.4, 0.5) is 5.95 Å². The molecule has 0 N–H and O–H groups in total. The van der Waals surface area contributed by atoms with Crippen LogP contribution >= 0.6 is 0 Å². The molecule has 3 amide bonds. The predicted molar refractivity (Wildman–Crippen MR) is 122 cm³/mol. The lowest BCUT2D eigenvalue weighted by atomic mass is 10.0. The fourth-order valence-corrected chi connectivity index (χ4v) is 4.41. The number of carbonyl (C=O) groups excluding carboxylic acids is 3. The Bertz CT molecular complexity index is 1140. The lowest BCUT2D eigenvalue weighted by Gasteiger charge is -2.37. The normalized spacial score (nSPS) is 16.7. The van der Waals surface area contributed by atoms with Crippen molar-refractivity contribution >= 4 is 23.7 Å². The van der Waals surface area contributed by atoms with Crippen LogP contribution in [0.5, 0.6) is 0 Å². The number of amides is 3. The molecule has 8 heteroatoms. The molecule has 5 rings (SSSR count). The van der Waals surface area contributed by atoms with Crippen LogP contribution in [0.3, 0.4) is 0 Å². The van der Waals surface area contributed by atoms with Crippen molar-refractivity contribution in [1.29, 1.82) is 0 Å². The smallest absolute Gasteiger partial charge is 0.262 e. The van der Waals surface area contributed by atoms with Gasteiger partial charge in [-0.3, -0.25) is 19.3 Å². The van der Waals surface area contributed by atoms with E-state index >= 15 is 0 Å². The molecule has 0 radical (unpaired) electrons. The van der Waals surface area contributed by atoms with Gasteiger partial charge in [0.25, 0.3) is 11.8 Å². The minimum Gasteiger partial charge on any atom is -0.337 e. The molecule has 8 nitrogen and oxygen atoms in total. The molecule has 1 unspecified atom stereocenters. The van der Waals surface area contributed by atoms with E-state index in [-0.39, 0.29) is 12.3 Å². The Morgan fingerprint density at radius 3 is 1.97 bits per heavy atom. The topological polar surface area (TPSA) is 86.7 Å². The first-order valence-electron chi connectivity index (χ1n) is 10.9. The van der Waals surface area contributed by atoms with Crippen molar-refractivity contribution in [2.24, 2.45) is 0 Å². The summed E-state index contributed by atoms with van der Waals surface area (Å²) in [5, 5.41) is 0. The van der Waals surface area contributed by atoms with Crippen molar-refractivity contribution in [2.45, 2.75) is 12.5 Å². The number of hydrogen-bond donors (Lipinski definition) is 0. The highest BCUT2D eigenvalue weighted by Gasteiger charge is 2.44. The molecular weight excluding hydrogens is 418 g/mol. The van der Waals surface area contributed by atoms with E-state index in [0.29, 0.717) is 43.3 Å². The molecule has 1 fully saturated rings. The van der Waals surface area contributed by atoms with Crippen LogP contribution in [-0.4, -0.2) is 69.7 Å². The van der Waals surface area contributed by atoms with E-state index in [1.54, 1.807) is 47.6 Å². The van der Waals surface area contributed by atoms with Crippen molar-refractivity contribution in [3.8, 4) is 0 Å². The number of benzene rings is 2. The second-order valence-corrected chi connectivity index (χ2v) is 8.09. The SMILES string of the molecule is O=C(C(Cc1ccccc1)N1C(=O)c2ccccc2C1=O)N1CCN(c2ncccn2)CC1. The summed E-state index contributed by atoms with van der Waals surface area (Å²) in [7, 11) is 0. The molecule has 2 aromatic carbocycles. The molecule has 33 heavy (non-hydrogen) atoms. The van der Waals surface area contributed by atoms with Crippen LogP contribution in [0.2, 0.25) is 0 Å². The maximum absolute atomic E-state index is 13.7. The maximum atomic E-state index is 13.7. The number of nitrogens with zero attached hydrogens (tertiary/aromatic N) is 5. The molecule has 0 spiro atoms. The van der Waals surface area contributed by atoms with Gasteiger partial charge in [-0.1, -0.05) is 42.5 Å². The minimum atomic E-state index is -0.903. The third kappa shape index (κ3) is 3.95. The largest absolute Gasteiger partial charge is 0.337 e. The molecule has 1 aromatic heterocycles. The van der Waals surface area contributed by atoms with E-state index in [0.717, 1.165) is 10.5 Å². The minimum absolute atomic E-state index is 0.220. The van der Waals surface area contributed by atoms with Crippen molar-refractivity contribution in [3.63, 3.8) is 0 Å². The monoisotopic (exact) mass is 441 g/mol. The standard InChI is InChI=1S/C25H23N5O3/c31-22-19-9-4-5-10-20(19)23(32)30(22)21(17-18-7-2-1-3-8-18)24(33)28-13-15-29(16-14-28)25-26-11-6-12-27-25/h1-12,21H,13-17H2. The highest BCUT2D eigenvalue weighted by Crippen LogP contribution is 2.27. The summed E-state index contributed by atoms with van der Waals surface area (Å²) in [5.74, 6) is -0.421. The van der Waals surface area contributed by atoms with Gasteiger partial charge in [0.2, 0.25) is 11.9 Å². The highest BCUT2D eigenvalue weighted by atomic mass is 16.2. The van der Waals surface area contributed by atoms with Gasteiger partial charge in [-0.25, -0.2) is 9.97 Å². The Balaban J connectivity index is 1.39. The summed E-state index contributed by atoms with van der Waals surface area (Å²) in [6, 6.07) is 17.1. The van der Waals surface area contributed by atoms with Crippen molar-refractivity contribution in [3.05, 3.63) is 89.7 Å². The van der Waals surface area contributed by atoms with E-state index in [9.17, 15) is 14.4 Å². The van der Waals surface area contributed by atoms with E-state index in [1.165, 1.54) is 0 Å². The quantitative estimate of drug-likeness (QED) is 0.563. The van der Waals surface area contributed by atoms with Crippen LogP contribution in [-0.2, 0) is 11.2 Å². The second-order valence-electron chi connectivity index (χ2n) is 8.09. The Labute approximate surface area is 191 Å². The van der Waals surface area contributed by atoms with Crippen LogP contribution < -0.4 is 4.90 Å². The molecule has 1 atom stereocenters. The lowest BCUT2D eigenvalue weighted by Crippen LogP contribution is -2.57. The Morgan fingerprint density at radius 2 is 1.36 bits per heavy atom. The zero-order valence-electron chi connectivity index (χ0n) is 18.0. The molecule has 3 heterocycles. The van der Waals surface area contributed by atoms with Crippen molar-refractivity contribution in [1.82, 2.24) is 19.8 Å². The van der Waals surface area contributed by atoms with Gasteiger partial charge in [-0.05, 0) is 23.8 Å². The molecule has 2 aliphatic heterocycles. The average Bonchev–Trinajstić information content (AvgIpc) is 3.13. The first-order valence-corrected chi connectivity index (χ1v) is 10.9. The van der Waals surface area contributed by atoms with E-state index < -0.39 is 17.9 Å². The van der Waals surface area contributed by atoms with E-state index in [2.05, 4.69) is 9.97 Å². The van der Waals surface area contributed by atoms with Crippen LogP contribution in [0.25, 0.3) is 0 Å². The first kappa shape index (κ1) is 20.8. The van der Waals surface area contributed by atoms with Gasteiger partial charge in [0.15, 0.2) is 0 Å². The van der Waals surface area contributed by atoms with Crippen molar-refractivity contribution in [2.75, 3.05) is 31.1 Å². The number of anilines is 1. The Kier molecular flexibility index (Phi) is 5.56. The van der Waals surface area contributed by atoms with Crippen LogP contribution in [0, 0.1) is 0 Å². The number of rotatable bonds is 5. The van der Waals surface area contributed by atoms with Gasteiger partial charge in [0.1, 0.15) is 6.04 Å². The predicted octanol–water partition coefficient (Wildman–Crippen LogP) is 2.03. The molecule has 1 saturated heterocycles. The zero-order chi connectivity index (χ0) is 22.8.